The molecule has 1 heterocycles. The molecule has 1 aromatic carbocycles. The molecule has 0 bridgehead atoms. The van der Waals surface area contributed by atoms with Crippen molar-refractivity contribution in [3.05, 3.63) is 60.0 Å². The molecular weight excluding hydrogens is 262 g/mol. The minimum absolute atomic E-state index is 0. The van der Waals surface area contributed by atoms with Gasteiger partial charge in [0.15, 0.2) is 0 Å². The molecule has 1 N–H and O–H groups in total. The third-order valence-electron chi connectivity index (χ3n) is 2.05. The Bertz CT molecular complexity index is 420. The van der Waals surface area contributed by atoms with E-state index in [0.29, 0.717) is 6.54 Å². The van der Waals surface area contributed by atoms with E-state index in [1.165, 1.54) is 12.1 Å². The van der Waals surface area contributed by atoms with Gasteiger partial charge in [0.1, 0.15) is 11.6 Å². The third kappa shape index (κ3) is 5.02. The van der Waals surface area contributed by atoms with E-state index >= 15 is 0 Å². The Morgan fingerprint density at radius 3 is 2.29 bits per heavy atom. The molecule has 0 aliphatic carbocycles. The van der Waals surface area contributed by atoms with Gasteiger partial charge in [0.05, 0.1) is 0 Å². The fourth-order valence-corrected chi connectivity index (χ4v) is 1.26. The Balaban J connectivity index is 0.00000128. The largest absolute Gasteiger partial charge is 0.366 e. The van der Waals surface area contributed by atoms with E-state index in [1.54, 1.807) is 18.3 Å². The van der Waals surface area contributed by atoms with E-state index in [-0.39, 0.29) is 30.6 Å². The number of anilines is 1. The zero-order valence-corrected chi connectivity index (χ0v) is 10.6. The fraction of sp³-hybridized carbons (Fsp3) is 0.0833. The Hall–Kier alpha value is -1.32. The number of hydrogen-bond acceptors (Lipinski definition) is 2. The molecule has 2 aromatic rings. The van der Waals surface area contributed by atoms with Crippen LogP contribution in [0.3, 0.4) is 0 Å². The standard InChI is InChI=1S/C12H11FN2.2ClH/c13-11-6-4-10(5-7-11)9-15-12-3-1-2-8-14-12;;/h1-8H,9H2,(H,14,15);2*1H. The lowest BCUT2D eigenvalue weighted by Gasteiger charge is -2.04. The van der Waals surface area contributed by atoms with Crippen LogP contribution in [0.1, 0.15) is 5.56 Å². The third-order valence-corrected chi connectivity index (χ3v) is 2.05. The summed E-state index contributed by atoms with van der Waals surface area (Å²) in [5, 5.41) is 3.15. The van der Waals surface area contributed by atoms with Crippen molar-refractivity contribution in [3.8, 4) is 0 Å². The van der Waals surface area contributed by atoms with Crippen molar-refractivity contribution in [1.82, 2.24) is 4.98 Å². The highest BCUT2D eigenvalue weighted by Crippen LogP contribution is 2.06. The molecule has 2 nitrogen and oxygen atoms in total. The van der Waals surface area contributed by atoms with E-state index in [1.807, 2.05) is 18.2 Å². The lowest BCUT2D eigenvalue weighted by atomic mass is 10.2. The van der Waals surface area contributed by atoms with Crippen molar-refractivity contribution in [2.24, 2.45) is 0 Å². The van der Waals surface area contributed by atoms with E-state index in [4.69, 9.17) is 0 Å². The van der Waals surface area contributed by atoms with Crippen molar-refractivity contribution in [2.45, 2.75) is 6.54 Å². The summed E-state index contributed by atoms with van der Waals surface area (Å²) in [5.74, 6) is 0.610. The molecule has 92 valence electrons. The van der Waals surface area contributed by atoms with Gasteiger partial charge in [-0.15, -0.1) is 24.8 Å². The van der Waals surface area contributed by atoms with Gasteiger partial charge in [-0.2, -0.15) is 0 Å². The first-order chi connectivity index (χ1) is 7.34. The SMILES string of the molecule is Cl.Cl.Fc1ccc(CNc2ccccn2)cc1. The Morgan fingerprint density at radius 2 is 1.71 bits per heavy atom. The second kappa shape index (κ2) is 7.87. The van der Waals surface area contributed by atoms with Crippen molar-refractivity contribution in [1.29, 1.82) is 0 Å². The summed E-state index contributed by atoms with van der Waals surface area (Å²) < 4.78 is 12.6. The molecule has 1 aromatic heterocycles. The molecule has 0 unspecified atom stereocenters. The smallest absolute Gasteiger partial charge is 0.126 e. The Morgan fingerprint density at radius 1 is 1.00 bits per heavy atom. The molecule has 0 amide bonds. The molecule has 0 aliphatic heterocycles. The number of nitrogens with one attached hydrogen (secondary N) is 1. The van der Waals surface area contributed by atoms with Crippen molar-refractivity contribution >= 4 is 30.6 Å². The summed E-state index contributed by atoms with van der Waals surface area (Å²) in [6, 6.07) is 12.1. The van der Waals surface area contributed by atoms with Gasteiger partial charge in [0, 0.05) is 12.7 Å². The molecule has 2 rings (SSSR count). The molecule has 0 saturated carbocycles. The van der Waals surface area contributed by atoms with Crippen LogP contribution in [-0.4, -0.2) is 4.98 Å². The van der Waals surface area contributed by atoms with Crippen molar-refractivity contribution in [2.75, 3.05) is 5.32 Å². The molecule has 0 radical (unpaired) electrons. The van der Waals surface area contributed by atoms with Crippen LogP contribution in [0, 0.1) is 5.82 Å². The highest BCUT2D eigenvalue weighted by molar-refractivity contribution is 5.85. The number of halogens is 3. The van der Waals surface area contributed by atoms with Crippen molar-refractivity contribution < 1.29 is 4.39 Å². The summed E-state index contributed by atoms with van der Waals surface area (Å²) in [7, 11) is 0. The first-order valence-corrected chi connectivity index (χ1v) is 4.74. The Labute approximate surface area is 112 Å². The minimum Gasteiger partial charge on any atom is -0.366 e. The monoisotopic (exact) mass is 274 g/mol. The van der Waals surface area contributed by atoms with E-state index in [9.17, 15) is 4.39 Å². The summed E-state index contributed by atoms with van der Waals surface area (Å²) >= 11 is 0. The second-order valence-corrected chi connectivity index (χ2v) is 3.19. The molecule has 0 fully saturated rings. The van der Waals surface area contributed by atoms with Gasteiger partial charge in [-0.1, -0.05) is 18.2 Å². The first-order valence-electron chi connectivity index (χ1n) is 4.74. The zero-order valence-electron chi connectivity index (χ0n) is 8.97. The normalized spacial score (nSPS) is 8.76. The molecule has 5 heteroatoms. The quantitative estimate of drug-likeness (QED) is 0.924. The van der Waals surface area contributed by atoms with Gasteiger partial charge in [0.25, 0.3) is 0 Å². The van der Waals surface area contributed by atoms with Gasteiger partial charge >= 0.3 is 0 Å². The summed E-state index contributed by atoms with van der Waals surface area (Å²) in [6.45, 7) is 0.650. The highest BCUT2D eigenvalue weighted by atomic mass is 35.5. The molecular formula is C12H13Cl2FN2. The number of rotatable bonds is 3. The molecule has 0 aliphatic rings. The molecule has 0 saturated heterocycles. The predicted octanol–water partition coefficient (Wildman–Crippen LogP) is 3.68. The number of aromatic nitrogens is 1. The molecule has 17 heavy (non-hydrogen) atoms. The van der Waals surface area contributed by atoms with Gasteiger partial charge in [0.2, 0.25) is 0 Å². The lowest BCUT2D eigenvalue weighted by molar-refractivity contribution is 0.627. The summed E-state index contributed by atoms with van der Waals surface area (Å²) in [6.07, 6.45) is 1.73. The van der Waals surface area contributed by atoms with Crippen LogP contribution in [0.5, 0.6) is 0 Å². The van der Waals surface area contributed by atoms with Gasteiger partial charge in [-0.3, -0.25) is 0 Å². The van der Waals surface area contributed by atoms with Gasteiger partial charge < -0.3 is 5.32 Å². The number of nitrogens with zero attached hydrogens (tertiary/aromatic N) is 1. The van der Waals surface area contributed by atoms with E-state index in [0.717, 1.165) is 11.4 Å². The van der Waals surface area contributed by atoms with Crippen LogP contribution in [-0.2, 0) is 6.54 Å². The van der Waals surface area contributed by atoms with Crippen LogP contribution in [0.2, 0.25) is 0 Å². The van der Waals surface area contributed by atoms with Crippen molar-refractivity contribution in [3.63, 3.8) is 0 Å². The molecule has 0 atom stereocenters. The average Bonchev–Trinajstić information content (AvgIpc) is 2.30. The Kier molecular flexibility index (Phi) is 7.26. The van der Waals surface area contributed by atoms with Gasteiger partial charge in [-0.25, -0.2) is 9.37 Å². The predicted molar refractivity (Wildman–Crippen MR) is 72.5 cm³/mol. The summed E-state index contributed by atoms with van der Waals surface area (Å²) in [5.41, 5.74) is 1.03. The first kappa shape index (κ1) is 15.7. The van der Waals surface area contributed by atoms with E-state index in [2.05, 4.69) is 10.3 Å². The second-order valence-electron chi connectivity index (χ2n) is 3.19. The highest BCUT2D eigenvalue weighted by Gasteiger charge is 1.94. The topological polar surface area (TPSA) is 24.9 Å². The fourth-order valence-electron chi connectivity index (χ4n) is 1.26. The maximum Gasteiger partial charge on any atom is 0.126 e. The number of benzene rings is 1. The summed E-state index contributed by atoms with van der Waals surface area (Å²) in [4.78, 5) is 4.13. The number of pyridine rings is 1. The number of hydrogen-bond donors (Lipinski definition) is 1. The van der Waals surface area contributed by atoms with Crippen LogP contribution in [0.15, 0.2) is 48.7 Å². The van der Waals surface area contributed by atoms with Gasteiger partial charge in [-0.05, 0) is 29.8 Å². The van der Waals surface area contributed by atoms with Crippen LogP contribution >= 0.6 is 24.8 Å². The maximum absolute atomic E-state index is 12.6. The zero-order chi connectivity index (χ0) is 10.5. The van der Waals surface area contributed by atoms with Crippen LogP contribution in [0.4, 0.5) is 10.2 Å². The average molecular weight is 275 g/mol. The van der Waals surface area contributed by atoms with E-state index < -0.39 is 0 Å². The maximum atomic E-state index is 12.6. The lowest BCUT2D eigenvalue weighted by Crippen LogP contribution is -2.00. The minimum atomic E-state index is -0.211. The van der Waals surface area contributed by atoms with Crippen LogP contribution < -0.4 is 5.32 Å². The molecule has 0 spiro atoms. The van der Waals surface area contributed by atoms with Crippen LogP contribution in [0.25, 0.3) is 0 Å².